The summed E-state index contributed by atoms with van der Waals surface area (Å²) in [6, 6.07) is 29.9. The molecule has 2 saturated heterocycles. The van der Waals surface area contributed by atoms with Crippen LogP contribution < -0.4 is 20.4 Å². The van der Waals surface area contributed by atoms with Gasteiger partial charge in [0.2, 0.25) is 11.8 Å². The summed E-state index contributed by atoms with van der Waals surface area (Å²) >= 11 is 0. The maximum Gasteiger partial charge on any atom is 0.332 e. The van der Waals surface area contributed by atoms with Crippen molar-refractivity contribution in [1.82, 2.24) is 9.80 Å². The molecule has 0 aromatic heterocycles. The van der Waals surface area contributed by atoms with Gasteiger partial charge in [-0.1, -0.05) is 160 Å². The zero-order chi connectivity index (χ0) is 48.2. The molecule has 0 atom stereocenters. The summed E-state index contributed by atoms with van der Waals surface area (Å²) in [5.74, 6) is -0.310. The Hall–Kier alpha value is -6.30. The van der Waals surface area contributed by atoms with E-state index < -0.39 is 23.1 Å². The third-order valence-corrected chi connectivity index (χ3v) is 14.0. The highest BCUT2D eigenvalue weighted by Crippen LogP contribution is 2.46. The maximum absolute atomic E-state index is 13.7. The minimum absolute atomic E-state index is 0.225. The molecule has 2 aliphatic carbocycles. The third-order valence-electron chi connectivity index (χ3n) is 14.0. The number of hydrogen-bond donors (Lipinski definition) is 2. The second-order valence-corrected chi connectivity index (χ2v) is 19.9. The molecule has 4 aromatic carbocycles. The predicted molar refractivity (Wildman–Crippen MR) is 266 cm³/mol. The molecule has 67 heavy (non-hydrogen) atoms. The molecule has 0 bridgehead atoms. The van der Waals surface area contributed by atoms with Crippen molar-refractivity contribution in [2.24, 2.45) is 0 Å². The second-order valence-electron chi connectivity index (χ2n) is 19.9. The smallest absolute Gasteiger partial charge is 0.324 e. The largest absolute Gasteiger partial charge is 0.332 e. The van der Waals surface area contributed by atoms with Crippen molar-refractivity contribution in [3.05, 3.63) is 119 Å². The number of anilines is 4. The van der Waals surface area contributed by atoms with Crippen molar-refractivity contribution in [2.75, 3.05) is 33.5 Å². The van der Waals surface area contributed by atoms with Crippen molar-refractivity contribution in [3.63, 3.8) is 0 Å². The van der Waals surface area contributed by atoms with Gasteiger partial charge >= 0.3 is 12.1 Å². The molecule has 12 nitrogen and oxygen atoms in total. The molecule has 354 valence electrons. The van der Waals surface area contributed by atoms with Crippen LogP contribution in [-0.4, -0.2) is 69.7 Å². The van der Waals surface area contributed by atoms with E-state index in [0.29, 0.717) is 37.1 Å². The van der Waals surface area contributed by atoms with Gasteiger partial charge in [0.25, 0.3) is 11.8 Å². The van der Waals surface area contributed by atoms with Gasteiger partial charge in [-0.15, -0.1) is 0 Å². The van der Waals surface area contributed by atoms with Crippen LogP contribution in [0.2, 0.25) is 0 Å². The molecule has 4 fully saturated rings. The number of nitrogens with one attached hydrogen (secondary N) is 2. The number of carbonyl (C=O) groups is 6. The van der Waals surface area contributed by atoms with E-state index >= 15 is 0 Å². The van der Waals surface area contributed by atoms with Crippen molar-refractivity contribution < 1.29 is 28.8 Å². The summed E-state index contributed by atoms with van der Waals surface area (Å²) in [5.41, 5.74) is 5.42. The van der Waals surface area contributed by atoms with Gasteiger partial charge in [0, 0.05) is 22.7 Å². The van der Waals surface area contributed by atoms with E-state index in [1.54, 1.807) is 9.80 Å². The van der Waals surface area contributed by atoms with Gasteiger partial charge in [0.15, 0.2) is 0 Å². The number of hydrogen-bond acceptors (Lipinski definition) is 6. The topological polar surface area (TPSA) is 139 Å². The number of benzene rings is 4. The fourth-order valence-corrected chi connectivity index (χ4v) is 10.6. The van der Waals surface area contributed by atoms with Crippen LogP contribution in [0.15, 0.2) is 97.1 Å². The van der Waals surface area contributed by atoms with E-state index in [1.807, 2.05) is 97.1 Å². The van der Waals surface area contributed by atoms with E-state index in [1.165, 1.54) is 0 Å². The van der Waals surface area contributed by atoms with Crippen LogP contribution in [-0.2, 0) is 19.2 Å². The van der Waals surface area contributed by atoms with E-state index in [0.717, 1.165) is 75.5 Å². The fourth-order valence-electron chi connectivity index (χ4n) is 10.6. The zero-order valence-corrected chi connectivity index (χ0v) is 40.6. The Morgan fingerprint density at radius 1 is 0.448 bits per heavy atom. The summed E-state index contributed by atoms with van der Waals surface area (Å²) in [4.78, 5) is 86.3. The second kappa shape index (κ2) is 20.3. The summed E-state index contributed by atoms with van der Waals surface area (Å²) < 4.78 is 0. The van der Waals surface area contributed by atoms with Crippen LogP contribution >= 0.6 is 0 Å². The van der Waals surface area contributed by atoms with Gasteiger partial charge in [-0.25, -0.2) is 9.59 Å². The highest BCUT2D eigenvalue weighted by Gasteiger charge is 2.60. The number of amides is 8. The van der Waals surface area contributed by atoms with Gasteiger partial charge in [-0.05, 0) is 95.9 Å². The van der Waals surface area contributed by atoms with Crippen LogP contribution in [0.5, 0.6) is 0 Å². The predicted octanol–water partition coefficient (Wildman–Crippen LogP) is 11.7. The molecule has 2 saturated carbocycles. The number of urea groups is 2. The Labute approximate surface area is 396 Å². The molecule has 2 heterocycles. The third kappa shape index (κ3) is 9.49. The number of nitrogens with zero attached hydrogens (tertiary/aromatic N) is 4. The van der Waals surface area contributed by atoms with Gasteiger partial charge in [-0.2, -0.15) is 0 Å². The Balaban J connectivity index is 0.000000199. The van der Waals surface area contributed by atoms with Crippen molar-refractivity contribution in [1.29, 1.82) is 0 Å². The zero-order valence-electron chi connectivity index (χ0n) is 40.6. The first kappa shape index (κ1) is 48.6. The van der Waals surface area contributed by atoms with E-state index in [2.05, 4.69) is 66.0 Å². The first-order valence-corrected chi connectivity index (χ1v) is 24.3. The van der Waals surface area contributed by atoms with Crippen LogP contribution in [0, 0.1) is 0 Å². The highest BCUT2D eigenvalue weighted by molar-refractivity contribution is 6.20. The molecule has 0 unspecified atom stereocenters. The molecule has 4 aliphatic rings. The highest BCUT2D eigenvalue weighted by atomic mass is 16.2. The van der Waals surface area contributed by atoms with Crippen molar-refractivity contribution >= 4 is 58.4 Å². The van der Waals surface area contributed by atoms with E-state index in [9.17, 15) is 28.8 Å². The lowest BCUT2D eigenvalue weighted by atomic mass is 9.80. The Bertz CT molecular complexity index is 2420. The minimum Gasteiger partial charge on any atom is -0.324 e. The van der Waals surface area contributed by atoms with Crippen molar-refractivity contribution in [3.8, 4) is 0 Å². The standard InChI is InChI=1S/C28H35N3O3.C27H33N3O3/c1-19(2)22-14-11-15-23(20(3)4)25(22)29-24(32)18-30-26(33)28(16-9-6-10-17-28)31(27(30)34)21-12-7-5-8-13-21;1-18(2)21-13-10-14-22(19(3)4)24(21)28-23(31)17-29-25(32)27(15-8-9-16-27)30(26(29)33)20-11-6-5-7-12-20/h5,7-8,11-15,19-20H,6,9-10,16-18H2,1-4H3,(H,29,32);5-7,10-14,18-19H,8-9,15-17H2,1-4H3,(H,28,31). The first-order chi connectivity index (χ1) is 32.0. The average Bonchev–Trinajstić information content (AvgIpc) is 3.93. The molecule has 0 radical (unpaired) electrons. The molecule has 2 spiro atoms. The van der Waals surface area contributed by atoms with E-state index in [-0.39, 0.29) is 60.4 Å². The number of para-hydroxylation sites is 4. The van der Waals surface area contributed by atoms with Crippen LogP contribution in [0.25, 0.3) is 0 Å². The minimum atomic E-state index is -0.893. The summed E-state index contributed by atoms with van der Waals surface area (Å²) in [7, 11) is 0. The normalized spacial score (nSPS) is 17.7. The SMILES string of the molecule is CC(C)c1cccc(C(C)C)c1NC(=O)CN1C(=O)N(c2ccccc2)C2(CCCC2)C1=O.CC(C)c1cccc(C(C)C)c1NC(=O)CN1C(=O)N(c2ccccc2)C2(CCCCC2)C1=O. The van der Waals surface area contributed by atoms with E-state index in [4.69, 9.17) is 0 Å². The number of imide groups is 2. The Kier molecular flexibility index (Phi) is 14.7. The Morgan fingerprint density at radius 3 is 1.04 bits per heavy atom. The molecular weight excluding hydrogens is 841 g/mol. The molecule has 2 aliphatic heterocycles. The molecular formula is C55H68N6O6. The number of rotatable bonds is 12. The Morgan fingerprint density at radius 2 is 0.746 bits per heavy atom. The van der Waals surface area contributed by atoms with Crippen LogP contribution in [0.1, 0.15) is 159 Å². The lowest BCUT2D eigenvalue weighted by molar-refractivity contribution is -0.134. The number of carbonyl (C=O) groups excluding carboxylic acids is 6. The summed E-state index contributed by atoms with van der Waals surface area (Å²) in [6.45, 7) is 16.1. The molecule has 2 N–H and O–H groups in total. The van der Waals surface area contributed by atoms with Crippen molar-refractivity contribution in [2.45, 2.75) is 148 Å². The summed E-state index contributed by atoms with van der Waals surface area (Å²) in [6.07, 6.45) is 7.11. The van der Waals surface area contributed by atoms with Crippen LogP contribution in [0.3, 0.4) is 0 Å². The quantitative estimate of drug-likeness (QED) is 0.136. The molecule has 8 rings (SSSR count). The lowest BCUT2D eigenvalue weighted by Crippen LogP contribution is -2.51. The average molecular weight is 909 g/mol. The molecule has 4 aromatic rings. The maximum atomic E-state index is 13.7. The van der Waals surface area contributed by atoms with Gasteiger partial charge < -0.3 is 10.6 Å². The van der Waals surface area contributed by atoms with Gasteiger partial charge in [-0.3, -0.25) is 38.8 Å². The monoisotopic (exact) mass is 909 g/mol. The molecule has 8 amide bonds. The lowest BCUT2D eigenvalue weighted by Gasteiger charge is -2.38. The van der Waals surface area contributed by atoms with Crippen LogP contribution in [0.4, 0.5) is 32.3 Å². The summed E-state index contributed by atoms with van der Waals surface area (Å²) in [5, 5.41) is 6.09. The first-order valence-electron chi connectivity index (χ1n) is 24.3. The van der Waals surface area contributed by atoms with Gasteiger partial charge in [0.1, 0.15) is 24.2 Å². The fraction of sp³-hybridized carbons (Fsp3) is 0.455. The molecule has 12 heteroatoms. The van der Waals surface area contributed by atoms with Gasteiger partial charge in [0.05, 0.1) is 0 Å².